The van der Waals surface area contributed by atoms with Gasteiger partial charge in [-0.1, -0.05) is 5.21 Å². The van der Waals surface area contributed by atoms with Gasteiger partial charge in [-0.15, -0.1) is 5.10 Å². The Bertz CT molecular complexity index is 927. The Hall–Kier alpha value is -3.27. The number of ether oxygens (including phenoxy) is 1. The molecule has 1 aromatic carbocycles. The van der Waals surface area contributed by atoms with Gasteiger partial charge in [0, 0.05) is 5.56 Å². The molecule has 2 aromatic heterocycles. The number of hydrogen-bond donors (Lipinski definition) is 3. The highest BCUT2D eigenvalue weighted by atomic mass is 16.5. The van der Waals surface area contributed by atoms with E-state index in [1.165, 1.54) is 0 Å². The largest absolute Gasteiger partial charge is 0.497 e. The van der Waals surface area contributed by atoms with Gasteiger partial charge >= 0.3 is 0 Å². The van der Waals surface area contributed by atoms with Crippen molar-refractivity contribution in [2.24, 2.45) is 0 Å². The molecule has 28 heavy (non-hydrogen) atoms. The maximum Gasteiger partial charge on any atom is 0.273 e. The summed E-state index contributed by atoms with van der Waals surface area (Å²) in [5, 5.41) is 21.2. The second kappa shape index (κ2) is 8.17. The number of rotatable bonds is 6. The number of aromatic amines is 1. The van der Waals surface area contributed by atoms with Crippen molar-refractivity contribution in [3.63, 3.8) is 0 Å². The first-order valence-corrected chi connectivity index (χ1v) is 9.19. The standard InChI is InChI=1S/C18H22N8O2/c1-28-14-4-2-12(3-5-14)17-21-16(23-24-17)10-20-18(27)15-11-26(25-22-15)13-6-8-19-9-7-13/h2-5,11,13,19H,6-10H2,1H3,(H,20,27)(H,21,23,24). The molecule has 1 aliphatic heterocycles. The Balaban J connectivity index is 1.35. The lowest BCUT2D eigenvalue weighted by atomic mass is 10.1. The molecule has 0 saturated carbocycles. The first-order chi connectivity index (χ1) is 13.7. The summed E-state index contributed by atoms with van der Waals surface area (Å²) in [7, 11) is 1.62. The van der Waals surface area contributed by atoms with Crippen LogP contribution in [0.1, 0.15) is 35.2 Å². The molecule has 10 nitrogen and oxygen atoms in total. The van der Waals surface area contributed by atoms with Gasteiger partial charge in [0.15, 0.2) is 11.5 Å². The molecular weight excluding hydrogens is 360 g/mol. The van der Waals surface area contributed by atoms with Crippen molar-refractivity contribution in [2.75, 3.05) is 20.2 Å². The zero-order valence-electron chi connectivity index (χ0n) is 15.6. The van der Waals surface area contributed by atoms with Crippen molar-refractivity contribution >= 4 is 5.91 Å². The number of amides is 1. The summed E-state index contributed by atoms with van der Waals surface area (Å²) in [6.45, 7) is 2.13. The van der Waals surface area contributed by atoms with Crippen LogP contribution in [0.25, 0.3) is 11.4 Å². The first-order valence-electron chi connectivity index (χ1n) is 9.19. The molecule has 0 atom stereocenters. The zero-order chi connectivity index (χ0) is 19.3. The molecule has 10 heteroatoms. The fraction of sp³-hybridized carbons (Fsp3) is 0.389. The highest BCUT2D eigenvalue weighted by Gasteiger charge is 2.19. The van der Waals surface area contributed by atoms with Gasteiger partial charge in [0.05, 0.1) is 25.9 Å². The predicted octanol–water partition coefficient (Wildman–Crippen LogP) is 0.926. The SMILES string of the molecule is COc1ccc(-c2n[nH]c(CNC(=O)c3cn(C4CCNCC4)nn3)n2)cc1. The number of nitrogens with zero attached hydrogens (tertiary/aromatic N) is 5. The van der Waals surface area contributed by atoms with Gasteiger partial charge in [-0.25, -0.2) is 9.67 Å². The second-order valence-electron chi connectivity index (χ2n) is 6.58. The van der Waals surface area contributed by atoms with E-state index in [2.05, 4.69) is 36.1 Å². The van der Waals surface area contributed by atoms with E-state index < -0.39 is 0 Å². The summed E-state index contributed by atoms with van der Waals surface area (Å²) in [6.07, 6.45) is 3.67. The lowest BCUT2D eigenvalue weighted by molar-refractivity contribution is 0.0945. The molecular formula is C18H22N8O2. The minimum Gasteiger partial charge on any atom is -0.497 e. The highest BCUT2D eigenvalue weighted by Crippen LogP contribution is 2.19. The molecule has 146 valence electrons. The topological polar surface area (TPSA) is 123 Å². The number of nitrogens with one attached hydrogen (secondary N) is 3. The predicted molar refractivity (Wildman–Crippen MR) is 101 cm³/mol. The molecule has 4 rings (SSSR count). The van der Waals surface area contributed by atoms with E-state index in [9.17, 15) is 4.79 Å². The molecule has 1 fully saturated rings. The van der Waals surface area contributed by atoms with Crippen molar-refractivity contribution in [2.45, 2.75) is 25.4 Å². The van der Waals surface area contributed by atoms with E-state index in [4.69, 9.17) is 4.74 Å². The summed E-state index contributed by atoms with van der Waals surface area (Å²) < 4.78 is 6.93. The maximum atomic E-state index is 12.3. The van der Waals surface area contributed by atoms with Gasteiger partial charge in [-0.05, 0) is 50.2 Å². The molecule has 1 amide bonds. The number of carbonyl (C=O) groups is 1. The van der Waals surface area contributed by atoms with Crippen molar-refractivity contribution < 1.29 is 9.53 Å². The van der Waals surface area contributed by atoms with Gasteiger partial charge in [0.25, 0.3) is 5.91 Å². The number of aromatic nitrogens is 6. The average Bonchev–Trinajstić information content (AvgIpc) is 3.43. The summed E-state index contributed by atoms with van der Waals surface area (Å²) >= 11 is 0. The monoisotopic (exact) mass is 382 g/mol. The number of piperidine rings is 1. The molecule has 3 N–H and O–H groups in total. The quantitative estimate of drug-likeness (QED) is 0.579. The number of carbonyl (C=O) groups excluding carboxylic acids is 1. The lowest BCUT2D eigenvalue weighted by Gasteiger charge is -2.22. The maximum absolute atomic E-state index is 12.3. The molecule has 3 aromatic rings. The molecule has 1 aliphatic rings. The summed E-state index contributed by atoms with van der Waals surface area (Å²) in [5.74, 6) is 1.60. The summed E-state index contributed by atoms with van der Waals surface area (Å²) in [4.78, 5) is 16.8. The average molecular weight is 382 g/mol. The Morgan fingerprint density at radius 2 is 2.07 bits per heavy atom. The van der Waals surface area contributed by atoms with Crippen LogP contribution in [0.3, 0.4) is 0 Å². The molecule has 1 saturated heterocycles. The number of methoxy groups -OCH3 is 1. The van der Waals surface area contributed by atoms with E-state index in [1.54, 1.807) is 18.0 Å². The third kappa shape index (κ3) is 4.01. The molecule has 3 heterocycles. The third-order valence-corrected chi connectivity index (χ3v) is 4.72. The normalized spacial score (nSPS) is 14.8. The van der Waals surface area contributed by atoms with Crippen molar-refractivity contribution in [3.05, 3.63) is 42.0 Å². The van der Waals surface area contributed by atoms with Crippen LogP contribution in [0.2, 0.25) is 0 Å². The van der Waals surface area contributed by atoms with E-state index in [1.807, 2.05) is 24.3 Å². The van der Waals surface area contributed by atoms with E-state index >= 15 is 0 Å². The van der Waals surface area contributed by atoms with Crippen LogP contribution in [-0.2, 0) is 6.54 Å². The summed E-state index contributed by atoms with van der Waals surface area (Å²) in [6, 6.07) is 7.74. The van der Waals surface area contributed by atoms with Crippen LogP contribution >= 0.6 is 0 Å². The summed E-state index contributed by atoms with van der Waals surface area (Å²) in [5.41, 5.74) is 1.16. The Morgan fingerprint density at radius 1 is 1.29 bits per heavy atom. The Kier molecular flexibility index (Phi) is 5.29. The van der Waals surface area contributed by atoms with Crippen molar-refractivity contribution in [3.8, 4) is 17.1 Å². The minimum absolute atomic E-state index is 0.224. The van der Waals surface area contributed by atoms with Crippen LogP contribution < -0.4 is 15.4 Å². The van der Waals surface area contributed by atoms with Crippen LogP contribution in [-0.4, -0.2) is 56.3 Å². The van der Waals surface area contributed by atoms with Crippen LogP contribution in [0, 0.1) is 0 Å². The van der Waals surface area contributed by atoms with Crippen LogP contribution in [0.5, 0.6) is 5.75 Å². The van der Waals surface area contributed by atoms with Crippen molar-refractivity contribution in [1.82, 2.24) is 40.8 Å². The lowest BCUT2D eigenvalue weighted by Crippen LogP contribution is -2.29. The molecule has 0 bridgehead atoms. The van der Waals surface area contributed by atoms with Gasteiger partial charge in [-0.3, -0.25) is 9.89 Å². The number of benzene rings is 1. The molecule has 0 unspecified atom stereocenters. The molecule has 0 radical (unpaired) electrons. The molecule has 0 aliphatic carbocycles. The third-order valence-electron chi connectivity index (χ3n) is 4.72. The fourth-order valence-electron chi connectivity index (χ4n) is 3.13. The first kappa shape index (κ1) is 18.1. The van der Waals surface area contributed by atoms with E-state index in [0.29, 0.717) is 17.3 Å². The number of H-pyrrole nitrogens is 1. The Labute approximate surface area is 161 Å². The smallest absolute Gasteiger partial charge is 0.273 e. The van der Waals surface area contributed by atoms with Gasteiger partial charge in [0.1, 0.15) is 11.6 Å². The van der Waals surface area contributed by atoms with Gasteiger partial charge in [0.2, 0.25) is 0 Å². The highest BCUT2D eigenvalue weighted by molar-refractivity contribution is 5.91. The van der Waals surface area contributed by atoms with E-state index in [0.717, 1.165) is 37.2 Å². The fourth-order valence-corrected chi connectivity index (χ4v) is 3.13. The molecule has 0 spiro atoms. The van der Waals surface area contributed by atoms with Crippen LogP contribution in [0.15, 0.2) is 30.5 Å². The van der Waals surface area contributed by atoms with Gasteiger partial charge in [-0.2, -0.15) is 5.10 Å². The number of hydrogen-bond acceptors (Lipinski definition) is 7. The van der Waals surface area contributed by atoms with Gasteiger partial charge < -0.3 is 15.4 Å². The van der Waals surface area contributed by atoms with E-state index in [-0.39, 0.29) is 18.5 Å². The minimum atomic E-state index is -0.289. The van der Waals surface area contributed by atoms with Crippen molar-refractivity contribution in [1.29, 1.82) is 0 Å². The Morgan fingerprint density at radius 3 is 2.82 bits per heavy atom. The van der Waals surface area contributed by atoms with Crippen LogP contribution in [0.4, 0.5) is 0 Å². The zero-order valence-corrected chi connectivity index (χ0v) is 15.6. The second-order valence-corrected chi connectivity index (χ2v) is 6.58.